The largest absolute Gasteiger partial charge is 0.508 e. The molecule has 2 aliphatic rings. The van der Waals surface area contributed by atoms with E-state index in [4.69, 9.17) is 4.74 Å². The van der Waals surface area contributed by atoms with E-state index in [1.807, 2.05) is 19.9 Å². The van der Waals surface area contributed by atoms with Gasteiger partial charge in [-0.25, -0.2) is 0 Å². The van der Waals surface area contributed by atoms with Crippen molar-refractivity contribution in [2.45, 2.75) is 64.4 Å². The maximum atomic E-state index is 10.7. The molecule has 1 aromatic carbocycles. The molecule has 1 aromatic rings. The Morgan fingerprint density at radius 3 is 2.65 bits per heavy atom. The molecule has 3 nitrogen and oxygen atoms in total. The van der Waals surface area contributed by atoms with Crippen LogP contribution in [0.15, 0.2) is 23.8 Å². The van der Waals surface area contributed by atoms with Crippen LogP contribution in [-0.2, 0) is 5.41 Å². The van der Waals surface area contributed by atoms with Gasteiger partial charge < -0.3 is 14.9 Å². The lowest BCUT2D eigenvalue weighted by Crippen LogP contribution is -2.45. The Morgan fingerprint density at radius 2 is 2.00 bits per heavy atom. The second kappa shape index (κ2) is 5.27. The number of aliphatic hydroxyl groups is 1. The molecule has 0 spiro atoms. The monoisotopic (exact) mass is 316 g/mol. The molecule has 1 unspecified atom stereocenters. The van der Waals surface area contributed by atoms with Crippen LogP contribution >= 0.6 is 0 Å². The number of phenolic OH excluding ortho intramolecular Hbond substituents is 1. The molecule has 0 saturated carbocycles. The SMILES string of the molecule is CC1=CC[C@@H]2C(C1)c1c(O)cc(C(C)(C)CO)cc1OC2(C)C. The van der Waals surface area contributed by atoms with Gasteiger partial charge in [0.15, 0.2) is 0 Å². The standard InChI is InChI=1S/C20H28O3/c1-12-6-7-15-14(8-12)18-16(22)9-13(19(2,3)11-21)10-17(18)23-20(15,4)5/h6,9-10,14-15,21-22H,7-8,11H2,1-5H3/t14?,15-/m1/s1. The highest BCUT2D eigenvalue weighted by Crippen LogP contribution is 2.54. The van der Waals surface area contributed by atoms with Crippen LogP contribution in [0.4, 0.5) is 0 Å². The van der Waals surface area contributed by atoms with E-state index in [2.05, 4.69) is 26.8 Å². The number of rotatable bonds is 2. The molecule has 1 heterocycles. The van der Waals surface area contributed by atoms with Crippen LogP contribution in [0.5, 0.6) is 11.5 Å². The van der Waals surface area contributed by atoms with Gasteiger partial charge in [-0.15, -0.1) is 0 Å². The molecule has 3 rings (SSSR count). The van der Waals surface area contributed by atoms with Crippen LogP contribution < -0.4 is 4.74 Å². The van der Waals surface area contributed by atoms with E-state index >= 15 is 0 Å². The molecule has 2 atom stereocenters. The van der Waals surface area contributed by atoms with Crippen molar-refractivity contribution in [3.05, 3.63) is 34.9 Å². The fourth-order valence-corrected chi connectivity index (χ4v) is 4.05. The molecule has 3 heteroatoms. The third-order valence-electron chi connectivity index (χ3n) is 5.68. The zero-order chi connectivity index (χ0) is 17.0. The third kappa shape index (κ3) is 2.65. The van der Waals surface area contributed by atoms with Crippen LogP contribution in [0.1, 0.15) is 64.5 Å². The molecule has 0 amide bonds. The molecule has 0 fully saturated rings. The van der Waals surface area contributed by atoms with Gasteiger partial charge in [0.25, 0.3) is 0 Å². The summed E-state index contributed by atoms with van der Waals surface area (Å²) in [6, 6.07) is 3.82. The summed E-state index contributed by atoms with van der Waals surface area (Å²) in [6.45, 7) is 10.4. The molecular formula is C20H28O3. The summed E-state index contributed by atoms with van der Waals surface area (Å²) in [5.74, 6) is 1.76. The first-order valence-corrected chi connectivity index (χ1v) is 8.48. The van der Waals surface area contributed by atoms with Crippen molar-refractivity contribution >= 4 is 0 Å². The first-order chi connectivity index (χ1) is 10.7. The number of hydrogen-bond acceptors (Lipinski definition) is 3. The average Bonchev–Trinajstić information content (AvgIpc) is 2.45. The van der Waals surface area contributed by atoms with Gasteiger partial charge in [-0.05, 0) is 51.3 Å². The van der Waals surface area contributed by atoms with E-state index in [0.29, 0.717) is 17.6 Å². The third-order valence-corrected chi connectivity index (χ3v) is 5.68. The maximum Gasteiger partial charge on any atom is 0.127 e. The number of aromatic hydroxyl groups is 1. The van der Waals surface area contributed by atoms with Crippen molar-refractivity contribution in [1.82, 2.24) is 0 Å². The van der Waals surface area contributed by atoms with Crippen LogP contribution in [0.25, 0.3) is 0 Å². The smallest absolute Gasteiger partial charge is 0.127 e. The maximum absolute atomic E-state index is 10.7. The Bertz CT molecular complexity index is 655. The summed E-state index contributed by atoms with van der Waals surface area (Å²) in [5.41, 5.74) is 2.57. The van der Waals surface area contributed by atoms with Crippen LogP contribution in [0.3, 0.4) is 0 Å². The second-order valence-corrected chi connectivity index (χ2v) is 8.36. The van der Waals surface area contributed by atoms with Gasteiger partial charge in [0, 0.05) is 22.8 Å². The van der Waals surface area contributed by atoms with E-state index in [0.717, 1.165) is 29.7 Å². The number of fused-ring (bicyclic) bond motifs is 3. The van der Waals surface area contributed by atoms with Gasteiger partial charge in [-0.3, -0.25) is 0 Å². The van der Waals surface area contributed by atoms with E-state index < -0.39 is 5.41 Å². The predicted octanol–water partition coefficient (Wildman–Crippen LogP) is 4.27. The van der Waals surface area contributed by atoms with Crippen molar-refractivity contribution in [2.24, 2.45) is 5.92 Å². The van der Waals surface area contributed by atoms with Gasteiger partial charge in [0.2, 0.25) is 0 Å². The summed E-state index contributed by atoms with van der Waals surface area (Å²) in [7, 11) is 0. The van der Waals surface area contributed by atoms with Gasteiger partial charge >= 0.3 is 0 Å². The number of hydrogen-bond donors (Lipinski definition) is 2. The van der Waals surface area contributed by atoms with Crippen molar-refractivity contribution in [3.63, 3.8) is 0 Å². The molecule has 0 aromatic heterocycles. The Kier molecular flexibility index (Phi) is 3.75. The Morgan fingerprint density at radius 1 is 1.30 bits per heavy atom. The fourth-order valence-electron chi connectivity index (χ4n) is 4.05. The zero-order valence-electron chi connectivity index (χ0n) is 14.8. The molecule has 1 aliphatic heterocycles. The minimum absolute atomic E-state index is 0.0303. The van der Waals surface area contributed by atoms with E-state index in [-0.39, 0.29) is 12.2 Å². The van der Waals surface area contributed by atoms with E-state index in [1.165, 1.54) is 5.57 Å². The predicted molar refractivity (Wildman–Crippen MR) is 92.1 cm³/mol. The van der Waals surface area contributed by atoms with Crippen LogP contribution in [-0.4, -0.2) is 22.4 Å². The highest BCUT2D eigenvalue weighted by atomic mass is 16.5. The molecular weight excluding hydrogens is 288 g/mol. The van der Waals surface area contributed by atoms with Gasteiger partial charge in [-0.1, -0.05) is 25.5 Å². The summed E-state index contributed by atoms with van der Waals surface area (Å²) < 4.78 is 6.31. The molecule has 0 saturated heterocycles. The van der Waals surface area contributed by atoms with Crippen molar-refractivity contribution in [2.75, 3.05) is 6.61 Å². The second-order valence-electron chi connectivity index (χ2n) is 8.36. The molecule has 0 radical (unpaired) electrons. The highest BCUT2D eigenvalue weighted by Gasteiger charge is 2.46. The van der Waals surface area contributed by atoms with Gasteiger partial charge in [0.1, 0.15) is 17.1 Å². The summed E-state index contributed by atoms with van der Waals surface area (Å²) >= 11 is 0. The summed E-state index contributed by atoms with van der Waals surface area (Å²) in [4.78, 5) is 0. The van der Waals surface area contributed by atoms with Crippen molar-refractivity contribution in [1.29, 1.82) is 0 Å². The Labute approximate surface area is 139 Å². The number of phenols is 1. The number of aliphatic hydroxyl groups excluding tert-OH is 1. The average molecular weight is 316 g/mol. The van der Waals surface area contributed by atoms with E-state index in [9.17, 15) is 10.2 Å². The quantitative estimate of drug-likeness (QED) is 0.801. The minimum Gasteiger partial charge on any atom is -0.508 e. The number of benzene rings is 1. The minimum atomic E-state index is -0.404. The molecule has 2 N–H and O–H groups in total. The first-order valence-electron chi connectivity index (χ1n) is 8.48. The number of allylic oxidation sites excluding steroid dienone is 2. The molecule has 126 valence electrons. The van der Waals surface area contributed by atoms with Crippen LogP contribution in [0, 0.1) is 5.92 Å². The Balaban J connectivity index is 2.14. The topological polar surface area (TPSA) is 49.7 Å². The number of ether oxygens (including phenoxy) is 1. The summed E-state index contributed by atoms with van der Waals surface area (Å²) in [5, 5.41) is 20.3. The van der Waals surface area contributed by atoms with Crippen molar-refractivity contribution in [3.8, 4) is 11.5 Å². The highest BCUT2D eigenvalue weighted by molar-refractivity contribution is 5.54. The Hall–Kier alpha value is -1.48. The van der Waals surface area contributed by atoms with E-state index in [1.54, 1.807) is 6.07 Å². The summed E-state index contributed by atoms with van der Waals surface area (Å²) in [6.07, 6.45) is 4.27. The lowest BCUT2D eigenvalue weighted by atomic mass is 9.67. The first kappa shape index (κ1) is 16.4. The normalized spacial score (nSPS) is 25.9. The molecule has 23 heavy (non-hydrogen) atoms. The van der Waals surface area contributed by atoms with Crippen molar-refractivity contribution < 1.29 is 14.9 Å². The van der Waals surface area contributed by atoms with Gasteiger partial charge in [0.05, 0.1) is 6.61 Å². The lowest BCUT2D eigenvalue weighted by molar-refractivity contribution is 0.00738. The fraction of sp³-hybridized carbons (Fsp3) is 0.600. The zero-order valence-corrected chi connectivity index (χ0v) is 14.8. The van der Waals surface area contributed by atoms with Crippen LogP contribution in [0.2, 0.25) is 0 Å². The molecule has 1 aliphatic carbocycles. The molecule has 0 bridgehead atoms. The van der Waals surface area contributed by atoms with Gasteiger partial charge in [-0.2, -0.15) is 0 Å². The lowest BCUT2D eigenvalue weighted by Gasteiger charge is -2.47.